The first-order valence-corrected chi connectivity index (χ1v) is 21.7. The van der Waals surface area contributed by atoms with Crippen LogP contribution in [0.5, 0.6) is 11.5 Å². The second-order valence-electron chi connectivity index (χ2n) is 18.5. The zero-order chi connectivity index (χ0) is 50.5. The zero-order valence-corrected chi connectivity index (χ0v) is 37.5. The highest BCUT2D eigenvalue weighted by Crippen LogP contribution is 2.40. The van der Waals surface area contributed by atoms with Gasteiger partial charge in [-0.25, -0.2) is 4.98 Å². The molecule has 10 rings (SSSR count). The molecule has 0 aliphatic carbocycles. The van der Waals surface area contributed by atoms with E-state index in [1.165, 1.54) is 0 Å². The summed E-state index contributed by atoms with van der Waals surface area (Å²) in [6.45, 7) is 16.8. The first kappa shape index (κ1) is 33.3. The van der Waals surface area contributed by atoms with Crippen molar-refractivity contribution in [3.63, 3.8) is 0 Å². The Kier molecular flexibility index (Phi) is 8.25. The van der Waals surface area contributed by atoms with E-state index in [1.54, 1.807) is 25.3 Å². The predicted octanol–water partition coefficient (Wildman–Crippen LogP) is 14.8. The van der Waals surface area contributed by atoms with Gasteiger partial charge in [0.25, 0.3) is 6.33 Å². The quantitative estimate of drug-likeness (QED) is 0.113. The summed E-state index contributed by atoms with van der Waals surface area (Å²) < 4.78 is 74.0. The fraction of sp³-hybridized carbons (Fsp3) is 0.186. The molecular weight excluding hydrogens is 781 g/mol. The zero-order valence-electron chi connectivity index (χ0n) is 44.5. The molecule has 0 atom stereocenters. The van der Waals surface area contributed by atoms with Crippen molar-refractivity contribution in [2.24, 2.45) is 0 Å². The molecule has 0 bridgehead atoms. The molecule has 0 radical (unpaired) electrons. The van der Waals surface area contributed by atoms with Crippen LogP contribution in [0.4, 0.5) is 0 Å². The van der Waals surface area contributed by atoms with E-state index < -0.39 is 24.5 Å². The van der Waals surface area contributed by atoms with Gasteiger partial charge in [-0.3, -0.25) is 13.7 Å². The molecule has 0 unspecified atom stereocenters. The molecule has 5 heteroatoms. The number of nitrogens with zero attached hydrogens (tertiary/aromatic N) is 4. The molecule has 3 heterocycles. The Morgan fingerprint density at radius 1 is 0.656 bits per heavy atom. The van der Waals surface area contributed by atoms with Crippen molar-refractivity contribution in [1.82, 2.24) is 14.1 Å². The molecule has 0 amide bonds. The fourth-order valence-electron chi connectivity index (χ4n) is 8.71. The molecule has 0 aliphatic rings. The van der Waals surface area contributed by atoms with Gasteiger partial charge >= 0.3 is 0 Å². The van der Waals surface area contributed by atoms with Crippen molar-refractivity contribution in [2.75, 3.05) is 0 Å². The van der Waals surface area contributed by atoms with Gasteiger partial charge in [-0.15, -0.1) is 0 Å². The summed E-state index contributed by atoms with van der Waals surface area (Å²) >= 11 is 0. The van der Waals surface area contributed by atoms with Crippen LogP contribution < -0.4 is 9.30 Å². The number of para-hydroxylation sites is 3. The van der Waals surface area contributed by atoms with E-state index in [0.717, 1.165) is 66.3 Å². The fourth-order valence-corrected chi connectivity index (χ4v) is 8.71. The molecule has 3 aromatic heterocycles. The maximum Gasteiger partial charge on any atom is 0.269 e. The van der Waals surface area contributed by atoms with E-state index >= 15 is 0 Å². The Morgan fingerprint density at radius 2 is 1.33 bits per heavy atom. The van der Waals surface area contributed by atoms with Gasteiger partial charge in [0, 0.05) is 25.8 Å². The number of fused-ring (bicyclic) bond motifs is 4. The van der Waals surface area contributed by atoms with Crippen LogP contribution in [-0.4, -0.2) is 14.1 Å². The lowest BCUT2D eigenvalue weighted by molar-refractivity contribution is -0.571. The highest BCUT2D eigenvalue weighted by Gasteiger charge is 2.25. The molecule has 0 spiro atoms. The normalized spacial score (nSPS) is 13.9. The molecule has 10 aromatic rings. The number of aryl methyl sites for hydroxylation is 2. The van der Waals surface area contributed by atoms with E-state index in [1.807, 2.05) is 118 Å². The van der Waals surface area contributed by atoms with Crippen molar-refractivity contribution >= 4 is 32.8 Å². The smallest absolute Gasteiger partial charge is 0.269 e. The third-order valence-corrected chi connectivity index (χ3v) is 12.1. The summed E-state index contributed by atoms with van der Waals surface area (Å²) in [7, 11) is 0. The summed E-state index contributed by atoms with van der Waals surface area (Å²) in [5.74, 6) is 1.77. The molecule has 0 fully saturated rings. The summed E-state index contributed by atoms with van der Waals surface area (Å²) in [6.07, 6.45) is 3.80. The summed E-state index contributed by atoms with van der Waals surface area (Å²) in [6, 6.07) is 42.1. The topological polar surface area (TPSA) is 35.9 Å². The van der Waals surface area contributed by atoms with Gasteiger partial charge < -0.3 is 4.74 Å². The lowest BCUT2D eigenvalue weighted by Crippen LogP contribution is -2.32. The minimum atomic E-state index is -1.56. The van der Waals surface area contributed by atoms with Crippen LogP contribution in [0, 0.1) is 13.3 Å². The second-order valence-corrected chi connectivity index (χ2v) is 18.5. The van der Waals surface area contributed by atoms with Crippen LogP contribution in [0.15, 0.2) is 170 Å². The minimum Gasteiger partial charge on any atom is -0.458 e. The third kappa shape index (κ3) is 7.35. The summed E-state index contributed by atoms with van der Waals surface area (Å²) in [4.78, 5) is 4.71. The average molecular weight is 842 g/mol. The largest absolute Gasteiger partial charge is 0.458 e. The second kappa shape index (κ2) is 15.8. The molecule has 5 nitrogen and oxygen atoms in total. The number of rotatable bonds is 8. The van der Waals surface area contributed by atoms with E-state index in [9.17, 15) is 2.74 Å². The van der Waals surface area contributed by atoms with Crippen molar-refractivity contribution < 1.29 is 18.9 Å². The molecule has 0 saturated carbocycles. The number of pyridine rings is 1. The lowest BCUT2D eigenvalue weighted by atomic mass is 9.78. The highest BCUT2D eigenvalue weighted by atomic mass is 16.5. The monoisotopic (exact) mass is 841 g/mol. The Labute approximate surface area is 386 Å². The number of benzene rings is 7. The molecule has 64 heavy (non-hydrogen) atoms. The molecule has 316 valence electrons. The van der Waals surface area contributed by atoms with Crippen LogP contribution in [0.3, 0.4) is 0 Å². The first-order chi connectivity index (χ1) is 33.6. The van der Waals surface area contributed by atoms with Gasteiger partial charge in [0.1, 0.15) is 17.3 Å². The van der Waals surface area contributed by atoms with E-state index in [0.29, 0.717) is 34.1 Å². The van der Waals surface area contributed by atoms with Crippen LogP contribution in [0.2, 0.25) is 0 Å². The molecular formula is C59H54N4O. The van der Waals surface area contributed by atoms with E-state index in [2.05, 4.69) is 72.1 Å². The Morgan fingerprint density at radius 3 is 2.08 bits per heavy atom. The van der Waals surface area contributed by atoms with Gasteiger partial charge in [0.15, 0.2) is 0 Å². The third-order valence-electron chi connectivity index (χ3n) is 12.1. The van der Waals surface area contributed by atoms with Crippen molar-refractivity contribution in [3.05, 3.63) is 198 Å². The average Bonchev–Trinajstić information content (AvgIpc) is 3.89. The Hall–Kier alpha value is -7.24. The number of imidazole rings is 1. The SMILES string of the molecule is [2H]c1c([2H])c([2H])c(-c2cccc(-c3cc(C(C)(C)C)cc(C(C)(C)C)c3)c2-[n+]2[c-]n(-c3cccc(Oc4ccc5c6ccccc6n(-c6cc(C([2H])([2H])C)ccn6)c5c4)c3)c3cccc(C)c32)c([2H])c1[2H]. The number of hydrogen-bond donors (Lipinski definition) is 0. The number of aromatic nitrogens is 4. The summed E-state index contributed by atoms with van der Waals surface area (Å²) in [5.41, 5.74) is 10.6. The minimum absolute atomic E-state index is 0.104. The maximum atomic E-state index is 9.23. The van der Waals surface area contributed by atoms with Gasteiger partial charge in [0.2, 0.25) is 0 Å². The van der Waals surface area contributed by atoms with Gasteiger partial charge in [-0.2, -0.15) is 0 Å². The van der Waals surface area contributed by atoms with Gasteiger partial charge in [0.05, 0.1) is 40.3 Å². The van der Waals surface area contributed by atoms with Crippen LogP contribution in [0.1, 0.15) is 80.3 Å². The van der Waals surface area contributed by atoms with E-state index in [-0.39, 0.29) is 28.5 Å². The lowest BCUT2D eigenvalue weighted by Gasteiger charge is -2.27. The number of hydrogen-bond acceptors (Lipinski definition) is 2. The molecule has 0 aliphatic heterocycles. The van der Waals surface area contributed by atoms with Crippen molar-refractivity contribution in [3.8, 4) is 50.9 Å². The summed E-state index contributed by atoms with van der Waals surface area (Å²) in [5, 5.41) is 2.04. The van der Waals surface area contributed by atoms with E-state index in [4.69, 9.17) is 16.6 Å². The van der Waals surface area contributed by atoms with Crippen LogP contribution in [-0.2, 0) is 17.2 Å². The molecule has 0 saturated heterocycles. The Balaban J connectivity index is 1.16. The molecule has 0 N–H and O–H groups in total. The van der Waals surface area contributed by atoms with Gasteiger partial charge in [-0.1, -0.05) is 158 Å². The van der Waals surface area contributed by atoms with Crippen LogP contribution >= 0.6 is 0 Å². The molecule has 7 aromatic carbocycles. The van der Waals surface area contributed by atoms with Gasteiger partial charge in [-0.05, 0) is 117 Å². The van der Waals surface area contributed by atoms with Crippen molar-refractivity contribution in [2.45, 2.75) is 72.6 Å². The Bertz CT molecular complexity index is 3720. The number of ether oxygens (including phenoxy) is 1. The van der Waals surface area contributed by atoms with Crippen molar-refractivity contribution in [1.29, 1.82) is 0 Å². The predicted molar refractivity (Wildman–Crippen MR) is 265 cm³/mol. The standard InChI is InChI=1S/C59H54N4O/c1-9-40-30-31-60-55(32-40)63-52-26-14-13-23-50(52)51-29-28-47(37-54(51)63)64-46-22-16-21-45(36-46)61-38-62(56-39(2)18-15-27-53(56)61)57-48(41-19-11-10-12-20-41)24-17-25-49(57)42-33-43(58(3,4)5)35-44(34-42)59(6,7)8/h10-37H,9H2,1-8H3/i9D2,10D,11D,12D,19D,20D. The van der Waals surface area contributed by atoms with Crippen LogP contribution in [0.25, 0.3) is 72.3 Å². The highest BCUT2D eigenvalue weighted by molar-refractivity contribution is 6.09. The maximum absolute atomic E-state index is 9.23. The first-order valence-electron chi connectivity index (χ1n) is 25.2.